The number of nitrogens with zero attached hydrogens (tertiary/aromatic N) is 1. The molecule has 1 heterocycles. The molecule has 0 spiro atoms. The van der Waals surface area contributed by atoms with E-state index in [4.69, 9.17) is 11.6 Å². The molecule has 2 rings (SSSR count). The molecule has 2 atom stereocenters. The number of hydrogen-bond donors (Lipinski definition) is 2. The molecule has 4 nitrogen and oxygen atoms in total. The summed E-state index contributed by atoms with van der Waals surface area (Å²) in [4.78, 5) is 16.1. The molecule has 2 N–H and O–H groups in total. The van der Waals surface area contributed by atoms with E-state index in [1.165, 1.54) is 6.42 Å². The van der Waals surface area contributed by atoms with Gasteiger partial charge in [0.05, 0.1) is 0 Å². The lowest BCUT2D eigenvalue weighted by molar-refractivity contribution is 0.0951. The van der Waals surface area contributed by atoms with Gasteiger partial charge in [0, 0.05) is 18.7 Å². The second-order valence-corrected chi connectivity index (χ2v) is 5.16. The van der Waals surface area contributed by atoms with E-state index in [0.29, 0.717) is 22.5 Å². The molecule has 5 heteroatoms. The van der Waals surface area contributed by atoms with Gasteiger partial charge in [-0.15, -0.1) is 0 Å². The van der Waals surface area contributed by atoms with E-state index in [1.807, 2.05) is 6.92 Å². The Hall–Kier alpha value is -1.29. The van der Waals surface area contributed by atoms with Crippen molar-refractivity contribution in [3.05, 3.63) is 22.8 Å². The zero-order valence-corrected chi connectivity index (χ0v) is 11.4. The van der Waals surface area contributed by atoms with Crippen LogP contribution in [0.15, 0.2) is 12.1 Å². The average molecular weight is 268 g/mol. The van der Waals surface area contributed by atoms with Crippen molar-refractivity contribution in [3.63, 3.8) is 0 Å². The Morgan fingerprint density at radius 2 is 2.28 bits per heavy atom. The zero-order valence-electron chi connectivity index (χ0n) is 10.7. The van der Waals surface area contributed by atoms with E-state index in [0.717, 1.165) is 19.0 Å². The van der Waals surface area contributed by atoms with Gasteiger partial charge in [-0.3, -0.25) is 4.79 Å². The third-order valence-corrected chi connectivity index (χ3v) is 3.41. The van der Waals surface area contributed by atoms with Crippen LogP contribution in [0.25, 0.3) is 0 Å². The first kappa shape index (κ1) is 13.1. The Kier molecular flexibility index (Phi) is 4.07. The lowest BCUT2D eigenvalue weighted by Gasteiger charge is -2.07. The summed E-state index contributed by atoms with van der Waals surface area (Å²) in [6, 6.07) is 3.31. The van der Waals surface area contributed by atoms with E-state index >= 15 is 0 Å². The largest absolute Gasteiger partial charge is 0.370 e. The van der Waals surface area contributed by atoms with Crippen LogP contribution in [0.5, 0.6) is 0 Å². The number of aromatic nitrogens is 1. The number of amides is 1. The maximum Gasteiger partial charge on any atom is 0.251 e. The number of nitrogens with one attached hydrogen (secondary N) is 2. The van der Waals surface area contributed by atoms with Crippen LogP contribution in [0.3, 0.4) is 0 Å². The number of halogens is 1. The second-order valence-electron chi connectivity index (χ2n) is 4.78. The summed E-state index contributed by atoms with van der Waals surface area (Å²) in [5, 5.41) is 6.32. The third-order valence-electron chi connectivity index (χ3n) is 3.22. The SMILES string of the molecule is CCNc1cc(C(=O)NCC2CC2C)cc(Cl)n1. The molecule has 1 fully saturated rings. The van der Waals surface area contributed by atoms with Crippen molar-refractivity contribution in [3.8, 4) is 0 Å². The number of anilines is 1. The smallest absolute Gasteiger partial charge is 0.251 e. The molecule has 1 aromatic rings. The van der Waals surface area contributed by atoms with Gasteiger partial charge < -0.3 is 10.6 Å². The summed E-state index contributed by atoms with van der Waals surface area (Å²) in [5.74, 6) is 1.93. The van der Waals surface area contributed by atoms with Gasteiger partial charge in [-0.2, -0.15) is 0 Å². The van der Waals surface area contributed by atoms with Crippen molar-refractivity contribution >= 4 is 23.3 Å². The first-order chi connectivity index (χ1) is 8.60. The first-order valence-corrected chi connectivity index (χ1v) is 6.67. The molecule has 0 aliphatic heterocycles. The molecule has 2 unspecified atom stereocenters. The van der Waals surface area contributed by atoms with Crippen molar-refractivity contribution in [1.29, 1.82) is 0 Å². The lowest BCUT2D eigenvalue weighted by atomic mass is 10.2. The molecule has 98 valence electrons. The molecule has 1 saturated carbocycles. The van der Waals surface area contributed by atoms with E-state index in [9.17, 15) is 4.79 Å². The van der Waals surface area contributed by atoms with Gasteiger partial charge in [-0.25, -0.2) is 4.98 Å². The van der Waals surface area contributed by atoms with Crippen LogP contribution in [-0.4, -0.2) is 24.0 Å². The third kappa shape index (κ3) is 3.35. The maximum absolute atomic E-state index is 12.0. The van der Waals surface area contributed by atoms with Gasteiger partial charge in [0.2, 0.25) is 0 Å². The standard InChI is InChI=1S/C13H18ClN3O/c1-3-15-12-6-9(5-11(14)17-12)13(18)16-7-10-4-8(10)2/h5-6,8,10H,3-4,7H2,1-2H3,(H,15,17)(H,16,18). The average Bonchev–Trinajstić information content (AvgIpc) is 3.02. The minimum atomic E-state index is -0.0856. The van der Waals surface area contributed by atoms with Crippen molar-refractivity contribution in [1.82, 2.24) is 10.3 Å². The molecular weight excluding hydrogens is 250 g/mol. The van der Waals surface area contributed by atoms with Crippen LogP contribution in [0.1, 0.15) is 30.6 Å². The van der Waals surface area contributed by atoms with Gasteiger partial charge >= 0.3 is 0 Å². The Bertz CT molecular complexity index is 450. The van der Waals surface area contributed by atoms with Gasteiger partial charge in [0.25, 0.3) is 5.91 Å². The van der Waals surface area contributed by atoms with Gasteiger partial charge in [-0.1, -0.05) is 18.5 Å². The Balaban J connectivity index is 1.99. The number of carbonyl (C=O) groups is 1. The summed E-state index contributed by atoms with van der Waals surface area (Å²) >= 11 is 5.90. The summed E-state index contributed by atoms with van der Waals surface area (Å²) in [7, 11) is 0. The normalized spacial score (nSPS) is 21.5. The number of pyridine rings is 1. The van der Waals surface area contributed by atoms with E-state index in [-0.39, 0.29) is 5.91 Å². The van der Waals surface area contributed by atoms with Crippen LogP contribution in [0.2, 0.25) is 5.15 Å². The second kappa shape index (κ2) is 5.57. The van der Waals surface area contributed by atoms with Gasteiger partial charge in [0.15, 0.2) is 0 Å². The highest BCUT2D eigenvalue weighted by molar-refractivity contribution is 6.29. The fourth-order valence-electron chi connectivity index (χ4n) is 1.91. The molecule has 1 aliphatic rings. The number of rotatable bonds is 5. The highest BCUT2D eigenvalue weighted by Gasteiger charge is 2.32. The Morgan fingerprint density at radius 1 is 1.56 bits per heavy atom. The fraction of sp³-hybridized carbons (Fsp3) is 0.538. The summed E-state index contributed by atoms with van der Waals surface area (Å²) in [6.45, 7) is 5.66. The molecule has 1 aromatic heterocycles. The minimum absolute atomic E-state index is 0.0856. The molecule has 0 radical (unpaired) electrons. The van der Waals surface area contributed by atoms with Gasteiger partial charge in [-0.05, 0) is 37.3 Å². The van der Waals surface area contributed by atoms with Crippen LogP contribution in [-0.2, 0) is 0 Å². The quantitative estimate of drug-likeness (QED) is 0.806. The molecular formula is C13H18ClN3O. The van der Waals surface area contributed by atoms with Gasteiger partial charge in [0.1, 0.15) is 11.0 Å². The van der Waals surface area contributed by atoms with E-state index < -0.39 is 0 Å². The molecule has 0 aromatic carbocycles. The molecule has 1 amide bonds. The zero-order chi connectivity index (χ0) is 13.1. The summed E-state index contributed by atoms with van der Waals surface area (Å²) < 4.78 is 0. The topological polar surface area (TPSA) is 54.0 Å². The summed E-state index contributed by atoms with van der Waals surface area (Å²) in [5.41, 5.74) is 0.555. The van der Waals surface area contributed by atoms with Crippen molar-refractivity contribution < 1.29 is 4.79 Å². The predicted octanol–water partition coefficient (Wildman–Crippen LogP) is 2.55. The van der Waals surface area contributed by atoms with Crippen LogP contribution in [0.4, 0.5) is 5.82 Å². The van der Waals surface area contributed by atoms with Crippen LogP contribution in [0, 0.1) is 11.8 Å². The molecule has 1 aliphatic carbocycles. The molecule has 0 saturated heterocycles. The first-order valence-electron chi connectivity index (χ1n) is 6.29. The number of hydrogen-bond acceptors (Lipinski definition) is 3. The highest BCUT2D eigenvalue weighted by Crippen LogP contribution is 2.36. The Labute approximate surface area is 112 Å². The molecule has 18 heavy (non-hydrogen) atoms. The number of carbonyl (C=O) groups excluding carboxylic acids is 1. The van der Waals surface area contributed by atoms with Crippen LogP contribution >= 0.6 is 11.6 Å². The molecule has 0 bridgehead atoms. The van der Waals surface area contributed by atoms with Crippen molar-refractivity contribution in [2.75, 3.05) is 18.4 Å². The predicted molar refractivity (Wildman–Crippen MR) is 73.0 cm³/mol. The van der Waals surface area contributed by atoms with E-state index in [1.54, 1.807) is 12.1 Å². The van der Waals surface area contributed by atoms with Crippen LogP contribution < -0.4 is 10.6 Å². The Morgan fingerprint density at radius 3 is 2.89 bits per heavy atom. The van der Waals surface area contributed by atoms with Crippen molar-refractivity contribution in [2.24, 2.45) is 11.8 Å². The summed E-state index contributed by atoms with van der Waals surface area (Å²) in [6.07, 6.45) is 1.21. The monoisotopic (exact) mass is 267 g/mol. The maximum atomic E-state index is 12.0. The highest BCUT2D eigenvalue weighted by atomic mass is 35.5. The van der Waals surface area contributed by atoms with E-state index in [2.05, 4.69) is 22.5 Å². The fourth-order valence-corrected chi connectivity index (χ4v) is 2.12. The lowest BCUT2D eigenvalue weighted by Crippen LogP contribution is -2.26. The minimum Gasteiger partial charge on any atom is -0.370 e. The van der Waals surface area contributed by atoms with Crippen molar-refractivity contribution in [2.45, 2.75) is 20.3 Å².